The van der Waals surface area contributed by atoms with Gasteiger partial charge in [-0.25, -0.2) is 9.98 Å². The maximum Gasteiger partial charge on any atom is 0.158 e. The van der Waals surface area contributed by atoms with Gasteiger partial charge in [-0.15, -0.1) is 0 Å². The predicted molar refractivity (Wildman–Crippen MR) is 48.3 cm³/mol. The van der Waals surface area contributed by atoms with E-state index >= 15 is 0 Å². The van der Waals surface area contributed by atoms with Gasteiger partial charge in [0, 0.05) is 11.8 Å². The highest BCUT2D eigenvalue weighted by Gasteiger charge is 1.96. The number of nitrogens with zero attached hydrogens (tertiary/aromatic N) is 2. The molecule has 0 aliphatic rings. The predicted octanol–water partition coefficient (Wildman–Crippen LogP) is 2.37. The number of aryl methyl sites for hydroxylation is 1. The quantitative estimate of drug-likeness (QED) is 0.588. The summed E-state index contributed by atoms with van der Waals surface area (Å²) in [5.74, 6) is 0.644. The van der Waals surface area contributed by atoms with Crippen LogP contribution in [0, 0.1) is 6.92 Å². The second kappa shape index (κ2) is 3.10. The second-order valence-electron chi connectivity index (χ2n) is 2.29. The number of hydrogen-bond donors (Lipinski definition) is 0. The molecule has 0 unspecified atom stereocenters. The lowest BCUT2D eigenvalue weighted by molar-refractivity contribution is 1.23. The van der Waals surface area contributed by atoms with Crippen molar-refractivity contribution in [2.75, 3.05) is 0 Å². The summed E-state index contributed by atoms with van der Waals surface area (Å²) in [6, 6.07) is 1.98. The second-order valence-corrected chi connectivity index (χ2v) is 2.29. The first-order valence-corrected chi connectivity index (χ1v) is 3.33. The molecule has 0 aromatic carbocycles. The van der Waals surface area contributed by atoms with Gasteiger partial charge >= 0.3 is 0 Å². The molecule has 0 fully saturated rings. The summed E-state index contributed by atoms with van der Waals surface area (Å²) in [7, 11) is 0. The highest BCUT2D eigenvalue weighted by molar-refractivity contribution is 5.61. The number of aromatic nitrogens is 1. The molecule has 0 aliphatic carbocycles. The van der Waals surface area contributed by atoms with Crippen molar-refractivity contribution in [3.05, 3.63) is 30.0 Å². The van der Waals surface area contributed by atoms with Crippen molar-refractivity contribution in [1.82, 2.24) is 4.98 Å². The van der Waals surface area contributed by atoms with Gasteiger partial charge in [0.15, 0.2) is 5.82 Å². The van der Waals surface area contributed by atoms with Crippen molar-refractivity contribution in [2.24, 2.45) is 4.99 Å². The number of rotatable bonds is 2. The van der Waals surface area contributed by atoms with Gasteiger partial charge in [0.05, 0.1) is 0 Å². The summed E-state index contributed by atoms with van der Waals surface area (Å²) >= 11 is 0. The maximum atomic E-state index is 4.07. The zero-order chi connectivity index (χ0) is 8.27. The minimum absolute atomic E-state index is 0.644. The van der Waals surface area contributed by atoms with Gasteiger partial charge in [-0.1, -0.05) is 12.7 Å². The Morgan fingerprint density at radius 3 is 2.91 bits per heavy atom. The maximum absolute atomic E-state index is 4.07. The molecule has 0 radical (unpaired) electrons. The van der Waals surface area contributed by atoms with Crippen molar-refractivity contribution in [3.8, 4) is 0 Å². The van der Waals surface area contributed by atoms with Crippen molar-refractivity contribution in [3.63, 3.8) is 0 Å². The minimum Gasteiger partial charge on any atom is -0.245 e. The Morgan fingerprint density at radius 1 is 1.64 bits per heavy atom. The Morgan fingerprint density at radius 2 is 2.36 bits per heavy atom. The van der Waals surface area contributed by atoms with Crippen LogP contribution in [0.2, 0.25) is 0 Å². The lowest BCUT2D eigenvalue weighted by Gasteiger charge is -1.98. The summed E-state index contributed by atoms with van der Waals surface area (Å²) in [5, 5.41) is 0. The van der Waals surface area contributed by atoms with Gasteiger partial charge in [-0.3, -0.25) is 0 Å². The molecule has 1 aromatic rings. The van der Waals surface area contributed by atoms with Gasteiger partial charge in [0.1, 0.15) is 0 Å². The molecular formula is C9H10N2. The summed E-state index contributed by atoms with van der Waals surface area (Å²) in [5.41, 5.74) is 2.03. The van der Waals surface area contributed by atoms with Gasteiger partial charge in [-0.2, -0.15) is 0 Å². The molecule has 0 aliphatic heterocycles. The molecule has 1 heterocycles. The van der Waals surface area contributed by atoms with E-state index in [-0.39, 0.29) is 0 Å². The topological polar surface area (TPSA) is 25.2 Å². The van der Waals surface area contributed by atoms with E-state index in [0.29, 0.717) is 5.82 Å². The van der Waals surface area contributed by atoms with E-state index < -0.39 is 0 Å². The third-order valence-electron chi connectivity index (χ3n) is 1.40. The largest absolute Gasteiger partial charge is 0.245 e. The summed E-state index contributed by atoms with van der Waals surface area (Å²) < 4.78 is 0. The molecule has 0 amide bonds. The number of aliphatic imine (C=N–C) groups is 1. The monoisotopic (exact) mass is 146 g/mol. The Bertz CT molecular complexity index is 290. The van der Waals surface area contributed by atoms with Crippen molar-refractivity contribution < 1.29 is 0 Å². The van der Waals surface area contributed by atoms with E-state index in [1.165, 1.54) is 0 Å². The molecule has 56 valence electrons. The van der Waals surface area contributed by atoms with Crippen LogP contribution in [-0.2, 0) is 0 Å². The van der Waals surface area contributed by atoms with Crippen LogP contribution in [-0.4, -0.2) is 11.7 Å². The van der Waals surface area contributed by atoms with Gasteiger partial charge in [0.25, 0.3) is 0 Å². The zero-order valence-corrected chi connectivity index (χ0v) is 6.54. The molecule has 0 N–H and O–H groups in total. The SMILES string of the molecule is C=Cc1cc(C)cnc1N=C. The fourth-order valence-electron chi connectivity index (χ4n) is 0.867. The summed E-state index contributed by atoms with van der Waals surface area (Å²) in [4.78, 5) is 7.82. The van der Waals surface area contributed by atoms with Crippen molar-refractivity contribution in [2.45, 2.75) is 6.92 Å². The van der Waals surface area contributed by atoms with Gasteiger partial charge < -0.3 is 0 Å². The first-order chi connectivity index (χ1) is 5.27. The van der Waals surface area contributed by atoms with Crippen molar-refractivity contribution >= 4 is 18.6 Å². The third-order valence-corrected chi connectivity index (χ3v) is 1.40. The molecule has 0 spiro atoms. The standard InChI is InChI=1S/C9H10N2/c1-4-8-5-7(2)6-11-9(8)10-3/h4-6H,1,3H2,2H3. The number of pyridine rings is 1. The molecule has 0 saturated carbocycles. The fraction of sp³-hybridized carbons (Fsp3) is 0.111. The average Bonchev–Trinajstić information content (AvgIpc) is 2.04. The normalized spacial score (nSPS) is 9.18. The van der Waals surface area contributed by atoms with E-state index in [1.807, 2.05) is 13.0 Å². The Labute approximate surface area is 66.3 Å². The van der Waals surface area contributed by atoms with E-state index in [4.69, 9.17) is 0 Å². The lowest BCUT2D eigenvalue weighted by Crippen LogP contribution is -1.81. The number of hydrogen-bond acceptors (Lipinski definition) is 2. The molecule has 2 heteroatoms. The summed E-state index contributed by atoms with van der Waals surface area (Å²) in [6.45, 7) is 9.04. The van der Waals surface area contributed by atoms with Crippen LogP contribution in [0.15, 0.2) is 23.8 Å². The zero-order valence-electron chi connectivity index (χ0n) is 6.54. The van der Waals surface area contributed by atoms with E-state index in [2.05, 4.69) is 23.3 Å². The van der Waals surface area contributed by atoms with Crippen LogP contribution < -0.4 is 0 Å². The molecule has 0 atom stereocenters. The third kappa shape index (κ3) is 1.52. The molecule has 1 rings (SSSR count). The van der Waals surface area contributed by atoms with Crippen LogP contribution in [0.25, 0.3) is 6.08 Å². The Hall–Kier alpha value is -1.44. The Kier molecular flexibility index (Phi) is 2.16. The molecule has 0 bridgehead atoms. The highest BCUT2D eigenvalue weighted by atomic mass is 14.9. The Balaban J connectivity index is 3.26. The molecular weight excluding hydrogens is 136 g/mol. The van der Waals surface area contributed by atoms with Crippen LogP contribution in [0.3, 0.4) is 0 Å². The van der Waals surface area contributed by atoms with Crippen molar-refractivity contribution in [1.29, 1.82) is 0 Å². The summed E-state index contributed by atoms with van der Waals surface area (Å²) in [6.07, 6.45) is 3.49. The van der Waals surface area contributed by atoms with E-state index in [9.17, 15) is 0 Å². The first-order valence-electron chi connectivity index (χ1n) is 3.33. The van der Waals surface area contributed by atoms with Crippen LogP contribution >= 0.6 is 0 Å². The highest BCUT2D eigenvalue weighted by Crippen LogP contribution is 2.16. The van der Waals surface area contributed by atoms with Crippen LogP contribution in [0.5, 0.6) is 0 Å². The minimum atomic E-state index is 0.644. The van der Waals surface area contributed by atoms with Crippen LogP contribution in [0.1, 0.15) is 11.1 Å². The molecule has 11 heavy (non-hydrogen) atoms. The van der Waals surface area contributed by atoms with E-state index in [1.54, 1.807) is 12.3 Å². The lowest BCUT2D eigenvalue weighted by atomic mass is 10.2. The molecule has 2 nitrogen and oxygen atoms in total. The van der Waals surface area contributed by atoms with E-state index in [0.717, 1.165) is 11.1 Å². The van der Waals surface area contributed by atoms with Gasteiger partial charge in [-0.05, 0) is 25.3 Å². The fourth-order valence-corrected chi connectivity index (χ4v) is 0.867. The molecule has 0 saturated heterocycles. The van der Waals surface area contributed by atoms with Gasteiger partial charge in [0.2, 0.25) is 0 Å². The smallest absolute Gasteiger partial charge is 0.158 e. The molecule has 1 aromatic heterocycles. The average molecular weight is 146 g/mol. The van der Waals surface area contributed by atoms with Crippen LogP contribution in [0.4, 0.5) is 5.82 Å². The first kappa shape index (κ1) is 7.66.